The lowest BCUT2D eigenvalue weighted by molar-refractivity contribution is -0.278. The van der Waals surface area contributed by atoms with Crippen molar-refractivity contribution in [1.29, 1.82) is 0 Å². The number of allylic oxidation sites excluding steroid dienone is 4. The number of rotatable bonds is 11. The van der Waals surface area contributed by atoms with E-state index in [0.29, 0.717) is 38.4 Å². The van der Waals surface area contributed by atoms with Crippen LogP contribution in [0.4, 0.5) is 4.79 Å². The fraction of sp³-hybridized carbons (Fsp3) is 0.609. The second kappa shape index (κ2) is 19.4. The Morgan fingerprint density at radius 1 is 1.15 bits per heavy atom. The van der Waals surface area contributed by atoms with Gasteiger partial charge < -0.3 is 49.3 Å². The second-order valence-corrected chi connectivity index (χ2v) is 17.7. The molecule has 9 unspecified atom stereocenters. The molecule has 3 aliphatic heterocycles. The lowest BCUT2D eigenvalue weighted by Gasteiger charge is -2.58. The number of hydrogen-bond acceptors (Lipinski definition) is 11. The zero-order chi connectivity index (χ0) is 43.9. The Morgan fingerprint density at radius 2 is 1.83 bits per heavy atom. The minimum atomic E-state index is -0.994. The zero-order valence-electron chi connectivity index (χ0n) is 36.3. The lowest BCUT2D eigenvalue weighted by Crippen LogP contribution is -2.74. The van der Waals surface area contributed by atoms with Gasteiger partial charge in [0.05, 0.1) is 24.4 Å². The fourth-order valence-corrected chi connectivity index (χ4v) is 9.28. The highest BCUT2D eigenvalue weighted by atomic mass is 16.7. The predicted octanol–water partition coefficient (Wildman–Crippen LogP) is 6.07. The van der Waals surface area contributed by atoms with Gasteiger partial charge in [-0.2, -0.15) is 0 Å². The van der Waals surface area contributed by atoms with Crippen LogP contribution in [-0.2, 0) is 44.5 Å². The third-order valence-corrected chi connectivity index (χ3v) is 12.3. The Bertz CT molecular complexity index is 1760. The van der Waals surface area contributed by atoms with Crippen molar-refractivity contribution in [3.63, 3.8) is 0 Å². The number of ether oxygens (including phenoxy) is 5. The van der Waals surface area contributed by atoms with Crippen molar-refractivity contribution in [2.75, 3.05) is 27.4 Å². The molecule has 5 aliphatic rings. The Morgan fingerprint density at radius 3 is 2.39 bits per heavy atom. The number of nitrogens with one attached hydrogen (secondary N) is 2. The monoisotopic (exact) mass is 822 g/mol. The molecular formula is C46H66N2O11. The van der Waals surface area contributed by atoms with E-state index < -0.39 is 28.9 Å². The van der Waals surface area contributed by atoms with E-state index >= 15 is 0 Å². The first-order valence-electron chi connectivity index (χ1n) is 20.6. The van der Waals surface area contributed by atoms with Crippen molar-refractivity contribution in [3.8, 4) is 5.75 Å². The van der Waals surface area contributed by atoms with Crippen LogP contribution in [0.5, 0.6) is 5.75 Å². The average Bonchev–Trinajstić information content (AvgIpc) is 3.81. The van der Waals surface area contributed by atoms with Gasteiger partial charge in [0.25, 0.3) is 0 Å². The molecular weight excluding hydrogens is 757 g/mol. The number of esters is 1. The third kappa shape index (κ3) is 10.5. The van der Waals surface area contributed by atoms with Gasteiger partial charge in [0, 0.05) is 44.4 Å². The number of aldehydes is 1. The number of aliphatic hydroxyl groups is 1. The zero-order valence-corrected chi connectivity index (χ0v) is 36.3. The van der Waals surface area contributed by atoms with E-state index in [4.69, 9.17) is 23.7 Å². The quantitative estimate of drug-likeness (QED) is 0.0880. The van der Waals surface area contributed by atoms with Gasteiger partial charge in [-0.05, 0) is 88.5 Å². The van der Waals surface area contributed by atoms with Crippen molar-refractivity contribution in [2.45, 2.75) is 128 Å². The van der Waals surface area contributed by atoms with E-state index in [-0.39, 0.29) is 59.6 Å². The van der Waals surface area contributed by atoms with Crippen LogP contribution in [0, 0.1) is 23.7 Å². The summed E-state index contributed by atoms with van der Waals surface area (Å²) in [5, 5.41) is 25.8. The molecule has 3 fully saturated rings. The van der Waals surface area contributed by atoms with E-state index in [1.807, 2.05) is 34.6 Å². The number of methoxy groups -OCH3 is 1. The number of benzene rings is 1. The highest BCUT2D eigenvalue weighted by Crippen LogP contribution is 2.68. The molecule has 1 aromatic rings. The molecule has 2 aliphatic carbocycles. The summed E-state index contributed by atoms with van der Waals surface area (Å²) in [6.07, 6.45) is 8.49. The normalized spacial score (nSPS) is 30.9. The largest absolute Gasteiger partial charge is 0.508 e. The van der Waals surface area contributed by atoms with Crippen LogP contribution >= 0.6 is 0 Å². The summed E-state index contributed by atoms with van der Waals surface area (Å²) < 4.78 is 29.2. The number of alkyl carbamates (subject to hydrolysis) is 1. The minimum Gasteiger partial charge on any atom is -0.508 e. The number of amides is 2. The molecule has 1 aromatic carbocycles. The number of cyclic esters (lactones) is 1. The lowest BCUT2D eigenvalue weighted by atomic mass is 9.54. The predicted molar refractivity (Wildman–Crippen MR) is 223 cm³/mol. The van der Waals surface area contributed by atoms with Gasteiger partial charge in [0.2, 0.25) is 5.91 Å². The average molecular weight is 823 g/mol. The van der Waals surface area contributed by atoms with Gasteiger partial charge in [-0.1, -0.05) is 69.9 Å². The van der Waals surface area contributed by atoms with Crippen molar-refractivity contribution < 1.29 is 53.1 Å². The van der Waals surface area contributed by atoms with Crippen LogP contribution in [0.25, 0.3) is 0 Å². The molecule has 0 bridgehead atoms. The van der Waals surface area contributed by atoms with Gasteiger partial charge in [0.1, 0.15) is 41.5 Å². The Labute approximate surface area is 349 Å². The molecule has 1 saturated carbocycles. The Hall–Kier alpha value is -4.30. The van der Waals surface area contributed by atoms with Crippen molar-refractivity contribution in [1.82, 2.24) is 10.6 Å². The molecule has 2 amide bonds. The van der Waals surface area contributed by atoms with Crippen molar-refractivity contribution >= 4 is 24.3 Å². The van der Waals surface area contributed by atoms with E-state index in [2.05, 4.69) is 37.6 Å². The second-order valence-electron chi connectivity index (χ2n) is 17.7. The minimum absolute atomic E-state index is 0.0273. The summed E-state index contributed by atoms with van der Waals surface area (Å²) in [5.74, 6) is 0.589. The van der Waals surface area contributed by atoms with E-state index in [0.717, 1.165) is 41.4 Å². The molecule has 3 heterocycles. The van der Waals surface area contributed by atoms with Crippen LogP contribution in [0.15, 0.2) is 72.4 Å². The molecule has 13 heteroatoms. The molecule has 0 radical (unpaired) electrons. The summed E-state index contributed by atoms with van der Waals surface area (Å²) in [6.45, 7) is 22.1. The molecule has 9 atom stereocenters. The fourth-order valence-electron chi connectivity index (χ4n) is 9.28. The molecule has 4 N–H and O–H groups in total. The molecule has 59 heavy (non-hydrogen) atoms. The maximum atomic E-state index is 12.2. The summed E-state index contributed by atoms with van der Waals surface area (Å²) in [5.41, 5.74) is 1.08. The van der Waals surface area contributed by atoms with E-state index in [9.17, 15) is 29.4 Å². The molecule has 13 nitrogen and oxygen atoms in total. The van der Waals surface area contributed by atoms with Crippen molar-refractivity contribution in [2.24, 2.45) is 23.7 Å². The number of hydrogen-bond donors (Lipinski definition) is 4. The Balaban J connectivity index is 0.000000222. The standard InChI is InChI=1S/C22H32O6.C18H21NO3.C6H13NO2/c1-11(2)21(24)8-16-22(28-16)17-12(3)6-7-13-14(9-26-18(13)23)15(17)10-27-20(22,4)19(21)25-5;1-3-4-5-14(2)6-11-18(22)19-16(13-20)12-15-7-9-17(21)10-8-15;1-6(2,3)9-5(8)7-4/h11-12,15-17,19,24H,6-10H2,1-5H3;3-5,7-10,13,16,21H,1-2,6,11-12H2,(H,19,22);1-4H3,(H,7,8)/b;5-4-;. The molecule has 326 valence electrons. The van der Waals surface area contributed by atoms with Crippen molar-refractivity contribution in [3.05, 3.63) is 77.9 Å². The van der Waals surface area contributed by atoms with E-state index in [1.54, 1.807) is 49.6 Å². The number of phenols is 1. The maximum Gasteiger partial charge on any atom is 0.407 e. The number of fused-ring (bicyclic) bond motifs is 2. The summed E-state index contributed by atoms with van der Waals surface area (Å²) in [6, 6.07) is 5.97. The van der Waals surface area contributed by atoms with Gasteiger partial charge in [-0.15, -0.1) is 0 Å². The van der Waals surface area contributed by atoms with Crippen LogP contribution in [0.2, 0.25) is 0 Å². The molecule has 1 spiro atoms. The Kier molecular flexibility index (Phi) is 15.6. The number of aromatic hydroxyl groups is 1. The number of carbonyl (C=O) groups excluding carboxylic acids is 4. The number of epoxide rings is 1. The summed E-state index contributed by atoms with van der Waals surface area (Å²) in [4.78, 5) is 45.7. The van der Waals surface area contributed by atoms with Crippen LogP contribution in [0.3, 0.4) is 0 Å². The van der Waals surface area contributed by atoms with Gasteiger partial charge in [-0.25, -0.2) is 9.59 Å². The smallest absolute Gasteiger partial charge is 0.407 e. The summed E-state index contributed by atoms with van der Waals surface area (Å²) >= 11 is 0. The van der Waals surface area contributed by atoms with E-state index in [1.165, 1.54) is 7.05 Å². The van der Waals surface area contributed by atoms with Crippen LogP contribution in [0.1, 0.15) is 86.1 Å². The van der Waals surface area contributed by atoms with Gasteiger partial charge in [0.15, 0.2) is 0 Å². The van der Waals surface area contributed by atoms with Crippen LogP contribution < -0.4 is 10.6 Å². The van der Waals surface area contributed by atoms with Gasteiger partial charge in [-0.3, -0.25) is 4.79 Å². The highest BCUT2D eigenvalue weighted by molar-refractivity contribution is 5.92. The summed E-state index contributed by atoms with van der Waals surface area (Å²) in [7, 11) is 3.20. The first-order valence-corrected chi connectivity index (χ1v) is 20.6. The van der Waals surface area contributed by atoms with Crippen LogP contribution in [-0.4, -0.2) is 102 Å². The highest BCUT2D eigenvalue weighted by Gasteiger charge is 2.83. The molecule has 2 saturated heterocycles. The maximum absolute atomic E-state index is 12.2. The number of phenolic OH excluding ortho intramolecular Hbond substituents is 1. The SMILES string of the molecule is C=C/C=C\C(=C)CCC(=O)NC(C=O)Cc1ccc(O)cc1.CNC(=O)OC(C)(C)C.COC1C(O)(C(C)C)CC2OC23C2C(C)CCC4=C(COC4=O)C2COC13C. The number of carbonyl (C=O) groups is 4. The third-order valence-electron chi connectivity index (χ3n) is 12.3. The topological polar surface area (TPSA) is 182 Å². The van der Waals surface area contributed by atoms with Gasteiger partial charge >= 0.3 is 12.1 Å². The first kappa shape index (κ1) is 47.4. The molecule has 0 aromatic heterocycles. The molecule has 6 rings (SSSR count). The first-order chi connectivity index (χ1) is 27.7.